The van der Waals surface area contributed by atoms with Gasteiger partial charge in [-0.25, -0.2) is 4.79 Å². The van der Waals surface area contributed by atoms with Crippen molar-refractivity contribution in [3.63, 3.8) is 0 Å². The molecule has 232 valence electrons. The van der Waals surface area contributed by atoms with Crippen molar-refractivity contribution >= 4 is 12.0 Å². The van der Waals surface area contributed by atoms with Crippen LogP contribution in [0.4, 0.5) is 0 Å². The van der Waals surface area contributed by atoms with Gasteiger partial charge >= 0.3 is 5.97 Å². The topological polar surface area (TPSA) is 44.8 Å². The van der Waals surface area contributed by atoms with E-state index in [2.05, 4.69) is 40.7 Å². The first kappa shape index (κ1) is 31.2. The number of carbonyl (C=O) groups excluding carboxylic acids is 1. The highest BCUT2D eigenvalue weighted by molar-refractivity contribution is 5.87. The second-order valence-electron chi connectivity index (χ2n) is 15.0. The van der Waals surface area contributed by atoms with Gasteiger partial charge in [-0.3, -0.25) is 0 Å². The molecule has 42 heavy (non-hydrogen) atoms. The Labute approximate surface area is 255 Å². The summed E-state index contributed by atoms with van der Waals surface area (Å²) in [7, 11) is 3.24. The van der Waals surface area contributed by atoms with Crippen LogP contribution in [-0.2, 0) is 9.53 Å². The third-order valence-corrected chi connectivity index (χ3v) is 12.4. The van der Waals surface area contributed by atoms with Crippen molar-refractivity contribution in [1.29, 1.82) is 0 Å². The molecule has 0 aromatic heterocycles. The van der Waals surface area contributed by atoms with E-state index in [0.29, 0.717) is 16.9 Å². The molecular weight excluding hydrogens is 520 g/mol. The van der Waals surface area contributed by atoms with Gasteiger partial charge < -0.3 is 14.2 Å². The number of carbonyl (C=O) groups is 1. The van der Waals surface area contributed by atoms with E-state index in [-0.39, 0.29) is 17.5 Å². The number of hydrogen-bond donors (Lipinski definition) is 0. The Morgan fingerprint density at radius 2 is 1.76 bits per heavy atom. The standard InChI is InChI=1S/C38H56O4/c1-25(2)9-8-10-26(3)31-15-16-32-30-14-13-28-24-29(19-21-37(28,4)33(30)20-22-38(31,32)5)42-36(39)18-12-27-11-17-34(40-6)35(23-27)41-7/h11-13,17-18,23,25-26,29-33H,8-10,14-16,19-22,24H2,1-7H3/b18-12+. The molecule has 4 aliphatic rings. The van der Waals surface area contributed by atoms with Crippen molar-refractivity contribution in [2.75, 3.05) is 14.2 Å². The van der Waals surface area contributed by atoms with Crippen LogP contribution in [0, 0.1) is 46.3 Å². The van der Waals surface area contributed by atoms with E-state index < -0.39 is 0 Å². The van der Waals surface area contributed by atoms with Gasteiger partial charge in [0.1, 0.15) is 6.10 Å². The Balaban J connectivity index is 1.20. The van der Waals surface area contributed by atoms with Crippen molar-refractivity contribution in [2.24, 2.45) is 46.3 Å². The number of hydrogen-bond acceptors (Lipinski definition) is 4. The predicted octanol–water partition coefficient (Wildman–Crippen LogP) is 9.67. The number of esters is 1. The first-order chi connectivity index (χ1) is 20.1. The minimum Gasteiger partial charge on any atom is -0.493 e. The summed E-state index contributed by atoms with van der Waals surface area (Å²) >= 11 is 0. The van der Waals surface area contributed by atoms with Gasteiger partial charge in [0.15, 0.2) is 11.5 Å². The molecule has 3 fully saturated rings. The summed E-state index contributed by atoms with van der Waals surface area (Å²) in [4.78, 5) is 12.8. The summed E-state index contributed by atoms with van der Waals surface area (Å²) in [6.45, 7) is 12.5. The zero-order valence-corrected chi connectivity index (χ0v) is 27.4. The van der Waals surface area contributed by atoms with Crippen molar-refractivity contribution in [3.05, 3.63) is 41.5 Å². The van der Waals surface area contributed by atoms with E-state index in [1.807, 2.05) is 18.2 Å². The molecule has 0 bridgehead atoms. The summed E-state index contributed by atoms with van der Waals surface area (Å²) in [5.41, 5.74) is 3.23. The van der Waals surface area contributed by atoms with Crippen LogP contribution in [0.3, 0.4) is 0 Å². The molecule has 3 saturated carbocycles. The molecule has 4 aliphatic carbocycles. The number of methoxy groups -OCH3 is 2. The van der Waals surface area contributed by atoms with Crippen LogP contribution in [0.15, 0.2) is 35.9 Å². The molecule has 0 radical (unpaired) electrons. The Morgan fingerprint density at radius 1 is 0.976 bits per heavy atom. The number of benzene rings is 1. The monoisotopic (exact) mass is 576 g/mol. The largest absolute Gasteiger partial charge is 0.493 e. The molecule has 4 heteroatoms. The summed E-state index contributed by atoms with van der Waals surface area (Å²) in [6.07, 6.45) is 19.9. The Morgan fingerprint density at radius 3 is 2.50 bits per heavy atom. The average molecular weight is 577 g/mol. The lowest BCUT2D eigenvalue weighted by atomic mass is 9.47. The summed E-state index contributed by atoms with van der Waals surface area (Å²) in [6, 6.07) is 5.63. The van der Waals surface area contributed by atoms with Crippen LogP contribution in [0.25, 0.3) is 6.08 Å². The Hall–Kier alpha value is -2.23. The van der Waals surface area contributed by atoms with Gasteiger partial charge in [-0.2, -0.15) is 0 Å². The molecule has 1 aromatic rings. The predicted molar refractivity (Wildman–Crippen MR) is 172 cm³/mol. The Bertz CT molecular complexity index is 1170. The van der Waals surface area contributed by atoms with E-state index >= 15 is 0 Å². The maximum absolute atomic E-state index is 12.8. The van der Waals surface area contributed by atoms with Gasteiger partial charge in [-0.1, -0.05) is 71.6 Å². The lowest BCUT2D eigenvalue weighted by Crippen LogP contribution is -2.51. The first-order valence-electron chi connectivity index (χ1n) is 16.9. The zero-order valence-electron chi connectivity index (χ0n) is 27.4. The van der Waals surface area contributed by atoms with Crippen molar-refractivity contribution < 1.29 is 19.0 Å². The molecule has 0 aliphatic heterocycles. The van der Waals surface area contributed by atoms with Crippen LogP contribution in [0.5, 0.6) is 11.5 Å². The van der Waals surface area contributed by atoms with Crippen LogP contribution >= 0.6 is 0 Å². The fourth-order valence-corrected chi connectivity index (χ4v) is 10.1. The second kappa shape index (κ2) is 12.8. The van der Waals surface area contributed by atoms with Gasteiger partial charge in [0.25, 0.3) is 0 Å². The van der Waals surface area contributed by atoms with E-state index in [0.717, 1.165) is 60.3 Å². The van der Waals surface area contributed by atoms with Gasteiger partial charge in [0.05, 0.1) is 14.2 Å². The number of fused-ring (bicyclic) bond motifs is 5. The van der Waals surface area contributed by atoms with Crippen LogP contribution in [-0.4, -0.2) is 26.3 Å². The molecule has 8 atom stereocenters. The van der Waals surface area contributed by atoms with Gasteiger partial charge in [0.2, 0.25) is 0 Å². The maximum Gasteiger partial charge on any atom is 0.331 e. The maximum atomic E-state index is 12.8. The van der Waals surface area contributed by atoms with Gasteiger partial charge in [0, 0.05) is 12.5 Å². The third kappa shape index (κ3) is 6.06. The van der Waals surface area contributed by atoms with Crippen molar-refractivity contribution in [1.82, 2.24) is 0 Å². The number of rotatable bonds is 10. The minimum atomic E-state index is -0.263. The smallest absolute Gasteiger partial charge is 0.331 e. The van der Waals surface area contributed by atoms with Gasteiger partial charge in [-0.05, 0) is 115 Å². The summed E-state index contributed by atoms with van der Waals surface area (Å²) < 4.78 is 16.7. The second-order valence-corrected chi connectivity index (χ2v) is 15.0. The van der Waals surface area contributed by atoms with Crippen LogP contribution < -0.4 is 9.47 Å². The lowest BCUT2D eigenvalue weighted by Gasteiger charge is -2.58. The van der Waals surface area contributed by atoms with E-state index in [4.69, 9.17) is 14.2 Å². The summed E-state index contributed by atoms with van der Waals surface area (Å²) in [5.74, 6) is 6.12. The highest BCUT2D eigenvalue weighted by Gasteiger charge is 2.59. The first-order valence-corrected chi connectivity index (χ1v) is 16.9. The fourth-order valence-electron chi connectivity index (χ4n) is 10.1. The van der Waals surface area contributed by atoms with E-state index in [1.54, 1.807) is 31.9 Å². The van der Waals surface area contributed by atoms with Gasteiger partial charge in [-0.15, -0.1) is 0 Å². The molecule has 8 unspecified atom stereocenters. The van der Waals surface area contributed by atoms with Crippen LogP contribution in [0.1, 0.15) is 111 Å². The minimum absolute atomic E-state index is 0.0279. The molecule has 0 spiro atoms. The lowest BCUT2D eigenvalue weighted by molar-refractivity contribution is -0.145. The van der Waals surface area contributed by atoms with E-state index in [9.17, 15) is 4.79 Å². The molecule has 0 amide bonds. The average Bonchev–Trinajstić information content (AvgIpc) is 3.33. The fraction of sp³-hybridized carbons (Fsp3) is 0.711. The molecular formula is C38H56O4. The zero-order chi connectivity index (χ0) is 30.1. The van der Waals surface area contributed by atoms with Crippen molar-refractivity contribution in [2.45, 2.75) is 111 Å². The van der Waals surface area contributed by atoms with E-state index in [1.165, 1.54) is 51.4 Å². The molecule has 5 rings (SSSR count). The van der Waals surface area contributed by atoms with Crippen molar-refractivity contribution in [3.8, 4) is 11.5 Å². The SMILES string of the molecule is COc1ccc(/C=C/C(=O)OC2CCC3(C)C(=CCC4C3CCC3(C)C(C(C)CCCC(C)C)CCC43)C2)cc1OC. The number of allylic oxidation sites excluding steroid dienone is 1. The molecule has 0 saturated heterocycles. The third-order valence-electron chi connectivity index (χ3n) is 12.4. The quantitative estimate of drug-likeness (QED) is 0.158. The highest BCUT2D eigenvalue weighted by Crippen LogP contribution is 2.67. The highest BCUT2D eigenvalue weighted by atomic mass is 16.5. The molecule has 0 N–H and O–H groups in total. The molecule has 0 heterocycles. The Kier molecular flexibility index (Phi) is 9.50. The van der Waals surface area contributed by atoms with Crippen LogP contribution in [0.2, 0.25) is 0 Å². The number of ether oxygens (including phenoxy) is 3. The summed E-state index contributed by atoms with van der Waals surface area (Å²) in [5, 5.41) is 0. The molecule has 4 nitrogen and oxygen atoms in total. The normalized spacial score (nSPS) is 34.8. The molecule has 1 aromatic carbocycles.